The fraction of sp³-hybridized carbons (Fsp3) is 0.778. The van der Waals surface area contributed by atoms with Gasteiger partial charge in [0, 0.05) is 0 Å². The van der Waals surface area contributed by atoms with Gasteiger partial charge in [-0.25, -0.2) is 4.79 Å². The fourth-order valence-corrected chi connectivity index (χ4v) is 0.317. The van der Waals surface area contributed by atoms with Gasteiger partial charge in [0.15, 0.2) is 5.78 Å². The van der Waals surface area contributed by atoms with E-state index in [1.54, 1.807) is 0 Å². The Labute approximate surface area is 77.6 Å². The standard InChI is InChI=1S/C5H8O4.C4H8/c1-3(6)5(2,9)4(7)8;1-4-2-3-4/h9H,1-2H3,(H,7,8);4H,2-3H2,1H3. The van der Waals surface area contributed by atoms with Gasteiger partial charge in [0.05, 0.1) is 0 Å². The van der Waals surface area contributed by atoms with Crippen molar-refractivity contribution in [3.63, 3.8) is 0 Å². The number of aliphatic hydroxyl groups is 1. The summed E-state index contributed by atoms with van der Waals surface area (Å²) in [6, 6.07) is 0. The molecule has 4 nitrogen and oxygen atoms in total. The zero-order valence-electron chi connectivity index (χ0n) is 8.20. The molecule has 0 aliphatic heterocycles. The normalized spacial score (nSPS) is 19.4. The Bertz CT molecular complexity index is 188. The molecule has 2 N–H and O–H groups in total. The average Bonchev–Trinajstić information content (AvgIpc) is 2.72. The maximum Gasteiger partial charge on any atom is 0.343 e. The molecule has 0 aromatic carbocycles. The van der Waals surface area contributed by atoms with Crippen LogP contribution in [0.2, 0.25) is 0 Å². The minimum Gasteiger partial charge on any atom is -0.479 e. The van der Waals surface area contributed by atoms with Gasteiger partial charge in [0.1, 0.15) is 0 Å². The zero-order valence-corrected chi connectivity index (χ0v) is 8.20. The number of hydrogen-bond donors (Lipinski definition) is 2. The van der Waals surface area contributed by atoms with Crippen molar-refractivity contribution in [1.82, 2.24) is 0 Å². The quantitative estimate of drug-likeness (QED) is 0.629. The molecule has 1 unspecified atom stereocenters. The van der Waals surface area contributed by atoms with Crippen LogP contribution in [-0.2, 0) is 9.59 Å². The van der Waals surface area contributed by atoms with E-state index < -0.39 is 17.4 Å². The van der Waals surface area contributed by atoms with Crippen LogP contribution in [0.15, 0.2) is 0 Å². The third-order valence-electron chi connectivity index (χ3n) is 1.97. The van der Waals surface area contributed by atoms with Crippen molar-refractivity contribution in [1.29, 1.82) is 0 Å². The lowest BCUT2D eigenvalue weighted by Crippen LogP contribution is -2.41. The summed E-state index contributed by atoms with van der Waals surface area (Å²) in [6.07, 6.45) is 2.97. The molecule has 13 heavy (non-hydrogen) atoms. The van der Waals surface area contributed by atoms with Crippen LogP contribution in [0.25, 0.3) is 0 Å². The molecule has 1 fully saturated rings. The van der Waals surface area contributed by atoms with Crippen LogP contribution >= 0.6 is 0 Å². The van der Waals surface area contributed by atoms with Gasteiger partial charge in [-0.15, -0.1) is 0 Å². The van der Waals surface area contributed by atoms with Crippen LogP contribution in [0, 0.1) is 5.92 Å². The van der Waals surface area contributed by atoms with E-state index >= 15 is 0 Å². The van der Waals surface area contributed by atoms with E-state index in [0.717, 1.165) is 19.8 Å². The van der Waals surface area contributed by atoms with Crippen molar-refractivity contribution < 1.29 is 19.8 Å². The molecule has 0 aromatic rings. The van der Waals surface area contributed by atoms with Crippen LogP contribution in [0.5, 0.6) is 0 Å². The van der Waals surface area contributed by atoms with Crippen LogP contribution in [0.3, 0.4) is 0 Å². The smallest absolute Gasteiger partial charge is 0.343 e. The van der Waals surface area contributed by atoms with E-state index in [4.69, 9.17) is 10.2 Å². The number of carbonyl (C=O) groups is 2. The fourth-order valence-electron chi connectivity index (χ4n) is 0.317. The van der Waals surface area contributed by atoms with E-state index in [2.05, 4.69) is 6.92 Å². The highest BCUT2D eigenvalue weighted by Crippen LogP contribution is 2.26. The number of aliphatic carboxylic acids is 1. The molecular formula is C9H16O4. The maximum atomic E-state index is 10.3. The van der Waals surface area contributed by atoms with Crippen molar-refractivity contribution in [3.05, 3.63) is 0 Å². The second-order valence-corrected chi connectivity index (χ2v) is 3.62. The van der Waals surface area contributed by atoms with E-state index in [9.17, 15) is 9.59 Å². The molecule has 1 saturated carbocycles. The van der Waals surface area contributed by atoms with Gasteiger partial charge >= 0.3 is 5.97 Å². The summed E-state index contributed by atoms with van der Waals surface area (Å²) in [5.74, 6) is -1.20. The van der Waals surface area contributed by atoms with Crippen LogP contribution < -0.4 is 0 Å². The molecule has 0 spiro atoms. The average molecular weight is 188 g/mol. The summed E-state index contributed by atoms with van der Waals surface area (Å²) < 4.78 is 0. The van der Waals surface area contributed by atoms with Crippen molar-refractivity contribution in [2.24, 2.45) is 5.92 Å². The molecule has 0 amide bonds. The second-order valence-electron chi connectivity index (χ2n) is 3.62. The molecule has 0 radical (unpaired) electrons. The monoisotopic (exact) mass is 188 g/mol. The molecule has 1 aliphatic rings. The predicted octanol–water partition coefficient (Wildman–Crippen LogP) is 0.827. The first-order chi connectivity index (χ1) is 5.78. The van der Waals surface area contributed by atoms with Gasteiger partial charge in [0.2, 0.25) is 5.60 Å². The van der Waals surface area contributed by atoms with Crippen LogP contribution in [-0.4, -0.2) is 27.6 Å². The highest BCUT2D eigenvalue weighted by molar-refractivity contribution is 6.04. The van der Waals surface area contributed by atoms with Gasteiger partial charge in [-0.1, -0.05) is 19.8 Å². The number of rotatable bonds is 2. The topological polar surface area (TPSA) is 74.6 Å². The van der Waals surface area contributed by atoms with Crippen LogP contribution in [0.1, 0.15) is 33.6 Å². The summed E-state index contributed by atoms with van der Waals surface area (Å²) in [7, 11) is 0. The molecule has 0 bridgehead atoms. The van der Waals surface area contributed by atoms with E-state index in [0.29, 0.717) is 0 Å². The first-order valence-electron chi connectivity index (χ1n) is 4.25. The van der Waals surface area contributed by atoms with Crippen molar-refractivity contribution in [3.8, 4) is 0 Å². The number of carboxylic acid groups (broad SMARTS) is 1. The molecule has 1 atom stereocenters. The van der Waals surface area contributed by atoms with Gasteiger partial charge < -0.3 is 10.2 Å². The molecule has 0 aromatic heterocycles. The lowest BCUT2D eigenvalue weighted by atomic mass is 10.0. The summed E-state index contributed by atoms with van der Waals surface area (Å²) in [4.78, 5) is 20.3. The van der Waals surface area contributed by atoms with E-state index in [1.165, 1.54) is 12.8 Å². The summed E-state index contributed by atoms with van der Waals surface area (Å²) in [6.45, 7) is 4.24. The summed E-state index contributed by atoms with van der Waals surface area (Å²) in [5, 5.41) is 16.9. The minimum atomic E-state index is -2.22. The molecule has 4 heteroatoms. The Morgan fingerprint density at radius 1 is 1.38 bits per heavy atom. The first kappa shape index (κ1) is 12.1. The molecular weight excluding hydrogens is 172 g/mol. The molecule has 76 valence electrons. The van der Waals surface area contributed by atoms with Gasteiger partial charge in [-0.2, -0.15) is 0 Å². The molecule has 1 aliphatic carbocycles. The van der Waals surface area contributed by atoms with Gasteiger partial charge in [0.25, 0.3) is 0 Å². The van der Waals surface area contributed by atoms with Crippen molar-refractivity contribution >= 4 is 11.8 Å². The highest BCUT2D eigenvalue weighted by Gasteiger charge is 2.35. The maximum absolute atomic E-state index is 10.3. The summed E-state index contributed by atoms with van der Waals surface area (Å²) in [5.41, 5.74) is -2.22. The van der Waals surface area contributed by atoms with Gasteiger partial charge in [-0.3, -0.25) is 4.79 Å². The molecule has 0 heterocycles. The predicted molar refractivity (Wildman–Crippen MR) is 47.3 cm³/mol. The minimum absolute atomic E-state index is 0.769. The third kappa shape index (κ3) is 4.62. The first-order valence-corrected chi connectivity index (χ1v) is 4.25. The Hall–Kier alpha value is -0.900. The number of ketones is 1. The van der Waals surface area contributed by atoms with E-state index in [-0.39, 0.29) is 0 Å². The number of carbonyl (C=O) groups excluding carboxylic acids is 1. The van der Waals surface area contributed by atoms with Gasteiger partial charge in [-0.05, 0) is 19.8 Å². The largest absolute Gasteiger partial charge is 0.479 e. The lowest BCUT2D eigenvalue weighted by Gasteiger charge is -2.11. The summed E-state index contributed by atoms with van der Waals surface area (Å²) >= 11 is 0. The molecule has 0 saturated heterocycles. The Balaban J connectivity index is 0.000000293. The number of Topliss-reactive ketones (excluding diaryl/α,β-unsaturated/α-hetero) is 1. The zero-order chi connectivity index (χ0) is 10.6. The van der Waals surface area contributed by atoms with Crippen LogP contribution in [0.4, 0.5) is 0 Å². The number of carboxylic acids is 1. The highest BCUT2D eigenvalue weighted by atomic mass is 16.4. The Kier molecular flexibility index (Phi) is 4.07. The van der Waals surface area contributed by atoms with Crippen molar-refractivity contribution in [2.75, 3.05) is 0 Å². The SMILES string of the molecule is CC(=O)C(C)(O)C(=O)O.CC1CC1. The number of hydrogen-bond acceptors (Lipinski definition) is 3. The molecule has 1 rings (SSSR count). The van der Waals surface area contributed by atoms with Crippen molar-refractivity contribution in [2.45, 2.75) is 39.2 Å². The Morgan fingerprint density at radius 3 is 1.69 bits per heavy atom. The Morgan fingerprint density at radius 2 is 1.69 bits per heavy atom. The van der Waals surface area contributed by atoms with E-state index in [1.807, 2.05) is 0 Å². The second kappa shape index (κ2) is 4.37. The third-order valence-corrected chi connectivity index (χ3v) is 1.97. The lowest BCUT2D eigenvalue weighted by molar-refractivity contribution is -0.162.